The Morgan fingerprint density at radius 1 is 1.17 bits per heavy atom. The fourth-order valence-corrected chi connectivity index (χ4v) is 2.78. The van der Waals surface area contributed by atoms with Crippen LogP contribution in [0.25, 0.3) is 0 Å². The highest BCUT2D eigenvalue weighted by Gasteiger charge is 2.34. The number of hydrogen-bond donors (Lipinski definition) is 1. The van der Waals surface area contributed by atoms with Gasteiger partial charge in [-0.3, -0.25) is 4.79 Å². The van der Waals surface area contributed by atoms with E-state index in [1.165, 1.54) is 18.2 Å². The molecular weight excluding hydrogens is 390 g/mol. The number of carbonyl (C=O) groups is 2. The van der Waals surface area contributed by atoms with Gasteiger partial charge in [0.15, 0.2) is 6.61 Å². The van der Waals surface area contributed by atoms with Crippen LogP contribution in [-0.2, 0) is 15.7 Å². The van der Waals surface area contributed by atoms with Gasteiger partial charge in [0.25, 0.3) is 5.91 Å². The summed E-state index contributed by atoms with van der Waals surface area (Å²) in [6, 6.07) is 5.80. The summed E-state index contributed by atoms with van der Waals surface area (Å²) in [5.41, 5.74) is -1.58. The van der Waals surface area contributed by atoms with Crippen LogP contribution < -0.4 is 5.32 Å². The van der Waals surface area contributed by atoms with Crippen molar-refractivity contribution in [3.8, 4) is 0 Å². The van der Waals surface area contributed by atoms with Gasteiger partial charge in [-0.05, 0) is 30.3 Å². The molecule has 1 amide bonds. The molecule has 0 unspecified atom stereocenters. The lowest BCUT2D eigenvalue weighted by atomic mass is 10.1. The lowest BCUT2D eigenvalue weighted by Gasteiger charge is -2.14. The zero-order valence-corrected chi connectivity index (χ0v) is 13.9. The van der Waals surface area contributed by atoms with E-state index in [4.69, 9.17) is 27.9 Å². The Bertz CT molecular complexity index is 777. The van der Waals surface area contributed by atoms with Gasteiger partial charge in [0.2, 0.25) is 0 Å². The third kappa shape index (κ3) is 4.86. The van der Waals surface area contributed by atoms with Gasteiger partial charge < -0.3 is 10.1 Å². The molecule has 0 radical (unpaired) electrons. The monoisotopic (exact) mass is 397 g/mol. The van der Waals surface area contributed by atoms with Crippen LogP contribution in [0.3, 0.4) is 0 Å². The summed E-state index contributed by atoms with van der Waals surface area (Å²) in [6.07, 6.45) is -4.70. The second-order valence-corrected chi connectivity index (χ2v) is 6.57. The Hall–Kier alpha value is -1.77. The molecule has 4 nitrogen and oxygen atoms in total. The molecule has 0 aliphatic rings. The third-order valence-electron chi connectivity index (χ3n) is 2.67. The summed E-state index contributed by atoms with van der Waals surface area (Å²) in [4.78, 5) is 23.5. The Morgan fingerprint density at radius 3 is 2.46 bits per heavy atom. The van der Waals surface area contributed by atoms with Crippen molar-refractivity contribution in [1.82, 2.24) is 0 Å². The number of anilines is 1. The van der Waals surface area contributed by atoms with Crippen molar-refractivity contribution in [2.75, 3.05) is 11.9 Å². The van der Waals surface area contributed by atoms with E-state index < -0.39 is 35.9 Å². The van der Waals surface area contributed by atoms with Crippen LogP contribution in [0.2, 0.25) is 9.36 Å². The number of alkyl halides is 3. The van der Waals surface area contributed by atoms with Gasteiger partial charge in [-0.2, -0.15) is 13.2 Å². The van der Waals surface area contributed by atoms with E-state index in [1.54, 1.807) is 0 Å². The highest BCUT2D eigenvalue weighted by molar-refractivity contribution is 7.17. The molecule has 0 saturated carbocycles. The summed E-state index contributed by atoms with van der Waals surface area (Å²) in [6.45, 7) is -0.742. The van der Waals surface area contributed by atoms with Crippen LogP contribution in [0, 0.1) is 0 Å². The molecule has 2 rings (SSSR count). The van der Waals surface area contributed by atoms with Crippen LogP contribution >= 0.6 is 34.5 Å². The van der Waals surface area contributed by atoms with Crippen LogP contribution in [0.15, 0.2) is 30.3 Å². The number of ether oxygens (including phenoxy) is 1. The van der Waals surface area contributed by atoms with Crippen molar-refractivity contribution < 1.29 is 27.5 Å². The largest absolute Gasteiger partial charge is 0.451 e. The Balaban J connectivity index is 2.01. The van der Waals surface area contributed by atoms with Gasteiger partial charge >= 0.3 is 12.1 Å². The molecular formula is C14H8Cl2F3NO3S. The van der Waals surface area contributed by atoms with Crippen molar-refractivity contribution in [3.63, 3.8) is 0 Å². The zero-order chi connectivity index (χ0) is 17.9. The Labute approximate surface area is 148 Å². The van der Waals surface area contributed by atoms with E-state index in [0.29, 0.717) is 10.4 Å². The number of halogens is 5. The minimum Gasteiger partial charge on any atom is -0.451 e. The van der Waals surface area contributed by atoms with Crippen molar-refractivity contribution in [1.29, 1.82) is 0 Å². The van der Waals surface area contributed by atoms with Crippen molar-refractivity contribution in [2.24, 2.45) is 0 Å². The van der Waals surface area contributed by atoms with Gasteiger partial charge in [-0.15, -0.1) is 11.3 Å². The average Bonchev–Trinajstić information content (AvgIpc) is 2.92. The molecule has 0 fully saturated rings. The minimum atomic E-state index is -4.70. The number of esters is 1. The number of hydrogen-bond acceptors (Lipinski definition) is 4. The van der Waals surface area contributed by atoms with E-state index in [9.17, 15) is 22.8 Å². The standard InChI is InChI=1S/C14H8Cl2F3NO3S/c15-7-1-2-9(8(5-7)14(17,18)19)20-12(21)6-23-13(22)10-3-4-11(16)24-10/h1-5H,6H2,(H,20,21). The van der Waals surface area contributed by atoms with E-state index >= 15 is 0 Å². The molecule has 24 heavy (non-hydrogen) atoms. The number of benzene rings is 1. The fourth-order valence-electron chi connectivity index (χ4n) is 1.67. The number of nitrogens with one attached hydrogen (secondary N) is 1. The lowest BCUT2D eigenvalue weighted by Crippen LogP contribution is -2.22. The van der Waals surface area contributed by atoms with Crippen LogP contribution in [0.1, 0.15) is 15.2 Å². The predicted octanol–water partition coefficient (Wildman–Crippen LogP) is 4.87. The molecule has 1 N–H and O–H groups in total. The first-order chi connectivity index (χ1) is 11.2. The van der Waals surface area contributed by atoms with Gasteiger partial charge in [0.05, 0.1) is 15.6 Å². The number of carbonyl (C=O) groups excluding carboxylic acids is 2. The third-order valence-corrected chi connectivity index (χ3v) is 4.12. The molecule has 1 aromatic carbocycles. The number of thiophene rings is 1. The first-order valence-electron chi connectivity index (χ1n) is 6.26. The average molecular weight is 398 g/mol. The maximum atomic E-state index is 12.9. The Morgan fingerprint density at radius 2 is 1.88 bits per heavy atom. The molecule has 0 atom stereocenters. The molecule has 0 bridgehead atoms. The van der Waals surface area contributed by atoms with E-state index in [2.05, 4.69) is 0 Å². The second-order valence-electron chi connectivity index (χ2n) is 4.42. The number of amides is 1. The van der Waals surface area contributed by atoms with Gasteiger partial charge in [-0.25, -0.2) is 4.79 Å². The van der Waals surface area contributed by atoms with Gasteiger partial charge in [0, 0.05) is 5.02 Å². The molecule has 0 spiro atoms. The Kier molecular flexibility index (Phi) is 5.74. The fraction of sp³-hybridized carbons (Fsp3) is 0.143. The molecule has 0 aliphatic carbocycles. The molecule has 0 saturated heterocycles. The lowest BCUT2D eigenvalue weighted by molar-refractivity contribution is -0.137. The van der Waals surface area contributed by atoms with Crippen LogP contribution in [-0.4, -0.2) is 18.5 Å². The quantitative estimate of drug-likeness (QED) is 0.748. The summed E-state index contributed by atoms with van der Waals surface area (Å²) < 4.78 is 43.8. The molecule has 1 heterocycles. The van der Waals surface area contributed by atoms with E-state index in [0.717, 1.165) is 17.4 Å². The number of rotatable bonds is 4. The normalized spacial score (nSPS) is 11.2. The summed E-state index contributed by atoms with van der Waals surface area (Å²) in [7, 11) is 0. The van der Waals surface area contributed by atoms with Crippen LogP contribution in [0.5, 0.6) is 0 Å². The smallest absolute Gasteiger partial charge is 0.418 e. The zero-order valence-electron chi connectivity index (χ0n) is 11.6. The highest BCUT2D eigenvalue weighted by Crippen LogP contribution is 2.36. The van der Waals surface area contributed by atoms with Crippen LogP contribution in [0.4, 0.5) is 18.9 Å². The van der Waals surface area contributed by atoms with Crippen molar-refractivity contribution in [2.45, 2.75) is 6.18 Å². The molecule has 10 heteroatoms. The maximum Gasteiger partial charge on any atom is 0.418 e. The molecule has 0 aliphatic heterocycles. The van der Waals surface area contributed by atoms with E-state index in [-0.39, 0.29) is 9.90 Å². The second kappa shape index (κ2) is 7.42. The summed E-state index contributed by atoms with van der Waals surface area (Å²) >= 11 is 12.2. The van der Waals surface area contributed by atoms with Crippen molar-refractivity contribution in [3.05, 3.63) is 50.1 Å². The predicted molar refractivity (Wildman–Crippen MR) is 84.7 cm³/mol. The minimum absolute atomic E-state index is 0.124. The van der Waals surface area contributed by atoms with E-state index in [1.807, 2.05) is 5.32 Å². The maximum absolute atomic E-state index is 12.9. The SMILES string of the molecule is O=C(COC(=O)c1ccc(Cl)s1)Nc1ccc(Cl)cc1C(F)(F)F. The first-order valence-corrected chi connectivity index (χ1v) is 7.83. The molecule has 1 aromatic heterocycles. The highest BCUT2D eigenvalue weighted by atomic mass is 35.5. The molecule has 2 aromatic rings. The molecule has 128 valence electrons. The van der Waals surface area contributed by atoms with Gasteiger partial charge in [0.1, 0.15) is 4.88 Å². The van der Waals surface area contributed by atoms with Gasteiger partial charge in [-0.1, -0.05) is 23.2 Å². The summed E-state index contributed by atoms with van der Waals surface area (Å²) in [5, 5.41) is 1.92. The topological polar surface area (TPSA) is 55.4 Å². The van der Waals surface area contributed by atoms with Crippen molar-refractivity contribution >= 4 is 52.1 Å². The first kappa shape index (κ1) is 18.6. The summed E-state index contributed by atoms with van der Waals surface area (Å²) in [5.74, 6) is -1.71.